The van der Waals surface area contributed by atoms with E-state index in [-0.39, 0.29) is 0 Å². The van der Waals surface area contributed by atoms with Gasteiger partial charge in [-0.3, -0.25) is 0 Å². The van der Waals surface area contributed by atoms with Crippen molar-refractivity contribution in [2.24, 2.45) is 0 Å². The molecule has 3 heteroatoms. The smallest absolute Gasteiger partial charge is 0.0477 e. The van der Waals surface area contributed by atoms with Gasteiger partial charge < -0.3 is 15.0 Å². The molecule has 0 radical (unpaired) electrons. The average molecular weight is 174 g/mol. The summed E-state index contributed by atoms with van der Waals surface area (Å²) >= 11 is 0. The van der Waals surface area contributed by atoms with Crippen molar-refractivity contribution in [3.63, 3.8) is 0 Å². The van der Waals surface area contributed by atoms with Gasteiger partial charge in [0.1, 0.15) is 0 Å². The molecule has 0 amide bonds. The molecule has 0 saturated carbocycles. The van der Waals surface area contributed by atoms with Crippen LogP contribution < -0.4 is 5.32 Å². The largest absolute Gasteiger partial charge is 0.382 e. The second kappa shape index (κ2) is 8.97. The minimum atomic E-state index is 0.831. The van der Waals surface area contributed by atoms with Crippen LogP contribution in [0.4, 0.5) is 0 Å². The fourth-order valence-electron chi connectivity index (χ4n) is 0.871. The predicted molar refractivity (Wildman–Crippen MR) is 52.5 cm³/mol. The summed E-state index contributed by atoms with van der Waals surface area (Å²) in [6.45, 7) is 6.98. The van der Waals surface area contributed by atoms with Crippen molar-refractivity contribution in [1.82, 2.24) is 10.2 Å². The maximum atomic E-state index is 5.21. The van der Waals surface area contributed by atoms with Crippen molar-refractivity contribution >= 4 is 0 Å². The van der Waals surface area contributed by atoms with Crippen molar-refractivity contribution in [1.29, 1.82) is 0 Å². The molecule has 74 valence electrons. The fraction of sp³-hybridized carbons (Fsp3) is 1.00. The van der Waals surface area contributed by atoms with E-state index in [4.69, 9.17) is 4.74 Å². The van der Waals surface area contributed by atoms with Crippen molar-refractivity contribution < 1.29 is 4.74 Å². The number of rotatable bonds is 8. The Morgan fingerprint density at radius 2 is 2.00 bits per heavy atom. The molecule has 0 aliphatic carbocycles. The lowest BCUT2D eigenvalue weighted by Gasteiger charge is -2.09. The van der Waals surface area contributed by atoms with Crippen LogP contribution in [-0.4, -0.2) is 51.8 Å². The molecule has 12 heavy (non-hydrogen) atoms. The molecular weight excluding hydrogens is 152 g/mol. The molecule has 0 aromatic carbocycles. The predicted octanol–water partition coefficient (Wildman–Crippen LogP) is 0.564. The van der Waals surface area contributed by atoms with Gasteiger partial charge in [-0.2, -0.15) is 0 Å². The number of hydrogen-bond donors (Lipinski definition) is 1. The van der Waals surface area contributed by atoms with Crippen LogP contribution in [0.3, 0.4) is 0 Å². The first-order valence-corrected chi connectivity index (χ1v) is 4.70. The van der Waals surface area contributed by atoms with E-state index in [1.807, 2.05) is 6.92 Å². The van der Waals surface area contributed by atoms with E-state index in [2.05, 4.69) is 24.3 Å². The van der Waals surface area contributed by atoms with Crippen LogP contribution in [0.25, 0.3) is 0 Å². The standard InChI is InChI=1S/C9H22N2O/c1-4-12-9-5-6-10-7-8-11(2)3/h10H,4-9H2,1-3H3. The second-order valence-electron chi connectivity index (χ2n) is 3.10. The third-order valence-electron chi connectivity index (χ3n) is 1.58. The first-order chi connectivity index (χ1) is 5.77. The van der Waals surface area contributed by atoms with Gasteiger partial charge in [0, 0.05) is 26.3 Å². The Bertz CT molecular complexity index is 86.6. The van der Waals surface area contributed by atoms with Crippen molar-refractivity contribution in [2.45, 2.75) is 13.3 Å². The molecule has 0 aromatic heterocycles. The number of hydrogen-bond acceptors (Lipinski definition) is 3. The van der Waals surface area contributed by atoms with Gasteiger partial charge >= 0.3 is 0 Å². The Labute approximate surface area is 76.1 Å². The van der Waals surface area contributed by atoms with Crippen molar-refractivity contribution in [2.75, 3.05) is 46.9 Å². The van der Waals surface area contributed by atoms with Gasteiger partial charge in [0.05, 0.1) is 0 Å². The zero-order chi connectivity index (χ0) is 9.23. The molecule has 0 atom stereocenters. The number of nitrogens with zero attached hydrogens (tertiary/aromatic N) is 1. The maximum Gasteiger partial charge on any atom is 0.0477 e. The lowest BCUT2D eigenvalue weighted by molar-refractivity contribution is 0.144. The SMILES string of the molecule is CCOCCCNCCN(C)C. The van der Waals surface area contributed by atoms with Gasteiger partial charge in [0.25, 0.3) is 0 Å². The Morgan fingerprint density at radius 3 is 2.58 bits per heavy atom. The van der Waals surface area contributed by atoms with Gasteiger partial charge in [0.15, 0.2) is 0 Å². The van der Waals surface area contributed by atoms with E-state index in [1.54, 1.807) is 0 Å². The topological polar surface area (TPSA) is 24.5 Å². The van der Waals surface area contributed by atoms with Gasteiger partial charge in [-0.1, -0.05) is 0 Å². The van der Waals surface area contributed by atoms with Gasteiger partial charge in [-0.05, 0) is 34.0 Å². The van der Waals surface area contributed by atoms with Crippen molar-refractivity contribution in [3.8, 4) is 0 Å². The van der Waals surface area contributed by atoms with Gasteiger partial charge in [0.2, 0.25) is 0 Å². The van der Waals surface area contributed by atoms with E-state index in [0.717, 1.165) is 39.3 Å². The zero-order valence-electron chi connectivity index (χ0n) is 8.60. The van der Waals surface area contributed by atoms with E-state index in [1.165, 1.54) is 0 Å². The first kappa shape index (κ1) is 11.9. The summed E-state index contributed by atoms with van der Waals surface area (Å²) in [6.07, 6.45) is 1.11. The summed E-state index contributed by atoms with van der Waals surface area (Å²) in [5.41, 5.74) is 0. The van der Waals surface area contributed by atoms with E-state index in [9.17, 15) is 0 Å². The molecular formula is C9H22N2O. The quantitative estimate of drug-likeness (QED) is 0.544. The lowest BCUT2D eigenvalue weighted by Crippen LogP contribution is -2.27. The molecule has 0 aromatic rings. The molecule has 0 aliphatic heterocycles. The molecule has 0 unspecified atom stereocenters. The molecule has 0 aliphatic rings. The molecule has 0 rings (SSSR count). The van der Waals surface area contributed by atoms with Crippen LogP contribution in [0.5, 0.6) is 0 Å². The summed E-state index contributed by atoms with van der Waals surface area (Å²) < 4.78 is 5.21. The fourth-order valence-corrected chi connectivity index (χ4v) is 0.871. The number of ether oxygens (including phenoxy) is 1. The molecule has 0 fully saturated rings. The minimum Gasteiger partial charge on any atom is -0.382 e. The van der Waals surface area contributed by atoms with E-state index >= 15 is 0 Å². The molecule has 3 nitrogen and oxygen atoms in total. The second-order valence-corrected chi connectivity index (χ2v) is 3.10. The summed E-state index contributed by atoms with van der Waals surface area (Å²) in [5, 5.41) is 3.35. The molecule has 0 saturated heterocycles. The zero-order valence-corrected chi connectivity index (χ0v) is 8.60. The third kappa shape index (κ3) is 9.88. The Kier molecular flexibility index (Phi) is 8.88. The van der Waals surface area contributed by atoms with E-state index < -0.39 is 0 Å². The summed E-state index contributed by atoms with van der Waals surface area (Å²) in [5.74, 6) is 0. The first-order valence-electron chi connectivity index (χ1n) is 4.70. The van der Waals surface area contributed by atoms with Crippen LogP contribution in [0.2, 0.25) is 0 Å². The van der Waals surface area contributed by atoms with Crippen LogP contribution in [0.15, 0.2) is 0 Å². The van der Waals surface area contributed by atoms with Gasteiger partial charge in [-0.15, -0.1) is 0 Å². The summed E-state index contributed by atoms with van der Waals surface area (Å²) in [7, 11) is 4.17. The summed E-state index contributed by atoms with van der Waals surface area (Å²) in [6, 6.07) is 0. The minimum absolute atomic E-state index is 0.831. The van der Waals surface area contributed by atoms with E-state index in [0.29, 0.717) is 0 Å². The number of likely N-dealkylation sites (N-methyl/N-ethyl adjacent to an activating group) is 1. The van der Waals surface area contributed by atoms with Crippen LogP contribution in [0, 0.1) is 0 Å². The van der Waals surface area contributed by atoms with Crippen LogP contribution in [-0.2, 0) is 4.74 Å². The number of nitrogens with one attached hydrogen (secondary N) is 1. The highest BCUT2D eigenvalue weighted by atomic mass is 16.5. The average Bonchev–Trinajstić information content (AvgIpc) is 2.02. The highest BCUT2D eigenvalue weighted by Crippen LogP contribution is 1.79. The Morgan fingerprint density at radius 1 is 1.25 bits per heavy atom. The summed E-state index contributed by atoms with van der Waals surface area (Å²) in [4.78, 5) is 2.18. The van der Waals surface area contributed by atoms with Gasteiger partial charge in [-0.25, -0.2) is 0 Å². The molecule has 1 N–H and O–H groups in total. The highest BCUT2D eigenvalue weighted by molar-refractivity contribution is 4.50. The normalized spacial score (nSPS) is 11.0. The Hall–Kier alpha value is -0.120. The van der Waals surface area contributed by atoms with Crippen LogP contribution >= 0.6 is 0 Å². The third-order valence-corrected chi connectivity index (χ3v) is 1.58. The highest BCUT2D eigenvalue weighted by Gasteiger charge is 1.89. The molecule has 0 spiro atoms. The van der Waals surface area contributed by atoms with Crippen molar-refractivity contribution in [3.05, 3.63) is 0 Å². The maximum absolute atomic E-state index is 5.21. The Balaban J connectivity index is 2.82. The molecule has 0 bridgehead atoms. The molecule has 0 heterocycles. The lowest BCUT2D eigenvalue weighted by atomic mass is 10.4. The van der Waals surface area contributed by atoms with Crippen LogP contribution in [0.1, 0.15) is 13.3 Å². The monoisotopic (exact) mass is 174 g/mol.